The van der Waals surface area contributed by atoms with Gasteiger partial charge in [0.1, 0.15) is 27.2 Å². The third-order valence-corrected chi connectivity index (χ3v) is 1.77. The summed E-state index contributed by atoms with van der Waals surface area (Å²) in [5, 5.41) is 0. The molecule has 3 unspecified atom stereocenters. The maximum absolute atomic E-state index is 9.47. The molecule has 0 amide bonds. The van der Waals surface area contributed by atoms with Crippen LogP contribution in [0.4, 0.5) is 0 Å². The summed E-state index contributed by atoms with van der Waals surface area (Å²) in [6.07, 6.45) is 0. The monoisotopic (exact) mass is 581 g/mol. The van der Waals surface area contributed by atoms with E-state index in [2.05, 4.69) is 64.1 Å². The van der Waals surface area contributed by atoms with Crippen molar-refractivity contribution in [2.75, 3.05) is 0 Å². The maximum Gasteiger partial charge on any atom is 3.00 e. The molecule has 0 radical (unpaired) electrons. The van der Waals surface area contributed by atoms with E-state index in [-0.39, 0.29) is 22.4 Å². The largest absolute Gasteiger partial charge is 3.00 e. The van der Waals surface area contributed by atoms with Crippen molar-refractivity contribution in [2.24, 2.45) is 17.7 Å². The predicted molar refractivity (Wildman–Crippen MR) is 64.7 cm³/mol. The van der Waals surface area contributed by atoms with Gasteiger partial charge in [-0.1, -0.05) is 0 Å². The minimum Gasteiger partial charge on any atom is -0.747 e. The molecule has 0 aliphatic carbocycles. The Morgan fingerprint density at radius 2 is 0.737 bits per heavy atom. The summed E-state index contributed by atoms with van der Waals surface area (Å²) in [6.45, 7) is 0. The number of hydrogen-bond donors (Lipinski definition) is 3. The maximum atomic E-state index is 9.47. The molecule has 0 aromatic rings. The minimum atomic E-state index is -3.80. The van der Waals surface area contributed by atoms with Crippen LogP contribution in [0.2, 0.25) is 0 Å². The number of hydrogen-bond acceptors (Lipinski definition) is 15. The standard InChI is InChI=1S/Au.3H3NO3S2/c;3*1-4-6(2,3)5/h;3*1H2,(H,2,3,5)/q+3;;;/p-3. The average molecular weight is 581 g/mol. The molecule has 0 rings (SSSR count). The summed E-state index contributed by atoms with van der Waals surface area (Å²) in [5.74, 6) is 12.3. The van der Waals surface area contributed by atoms with Crippen LogP contribution in [0.1, 0.15) is 0 Å². The smallest absolute Gasteiger partial charge is 0.747 e. The summed E-state index contributed by atoms with van der Waals surface area (Å²) in [4.78, 5) is 0. The second-order valence-electron chi connectivity index (χ2n) is 1.51. The van der Waals surface area contributed by atoms with Crippen molar-refractivity contribution >= 4 is 60.7 Å². The molecule has 0 saturated carbocycles. The van der Waals surface area contributed by atoms with E-state index in [1.165, 1.54) is 0 Å². The Morgan fingerprint density at radius 1 is 0.684 bits per heavy atom. The molecule has 0 bridgehead atoms. The van der Waals surface area contributed by atoms with Crippen molar-refractivity contribution < 1.29 is 61.5 Å². The average Bonchev–Trinajstić information content (AvgIpc) is 2.16. The van der Waals surface area contributed by atoms with Gasteiger partial charge in [0.15, 0.2) is 0 Å². The SMILES string of the molecule is NOS(=O)([O-])=S.NOS(=O)([O-])=S.NOS(=O)([O-])=S.[Au+3]. The zero-order valence-corrected chi connectivity index (χ0v) is 15.2. The first-order valence-corrected chi connectivity index (χ1v) is 9.71. The van der Waals surface area contributed by atoms with Gasteiger partial charge in [0.2, 0.25) is 0 Å². The molecule has 19 heavy (non-hydrogen) atoms. The molecule has 0 aliphatic rings. The van der Waals surface area contributed by atoms with Crippen LogP contribution in [0.3, 0.4) is 0 Å². The van der Waals surface area contributed by atoms with Crippen molar-refractivity contribution in [1.82, 2.24) is 0 Å². The van der Waals surface area contributed by atoms with Crippen molar-refractivity contribution in [3.05, 3.63) is 0 Å². The van der Waals surface area contributed by atoms with Crippen LogP contribution in [-0.4, -0.2) is 26.3 Å². The first-order valence-electron chi connectivity index (χ1n) is 2.71. The molecular weight excluding hydrogens is 575 g/mol. The van der Waals surface area contributed by atoms with E-state index >= 15 is 0 Å². The van der Waals surface area contributed by atoms with Crippen LogP contribution in [-0.2, 0) is 96.0 Å². The van der Waals surface area contributed by atoms with Gasteiger partial charge in [0.05, 0.1) is 0 Å². The van der Waals surface area contributed by atoms with Gasteiger partial charge >= 0.3 is 22.4 Å². The Balaban J connectivity index is -0.0000000865. The number of rotatable bonds is 3. The van der Waals surface area contributed by atoms with Gasteiger partial charge in [0, 0.05) is 0 Å². The molecule has 0 spiro atoms. The fraction of sp³-hybridized carbons (Fsp3) is 0. The molecule has 6 N–H and O–H groups in total. The molecule has 0 aromatic carbocycles. The van der Waals surface area contributed by atoms with E-state index < -0.39 is 27.2 Å². The third kappa shape index (κ3) is 54.2. The Hall–Kier alpha value is 1.49. The second-order valence-corrected chi connectivity index (χ2v) is 8.21. The van der Waals surface area contributed by atoms with E-state index in [0.717, 1.165) is 0 Å². The molecule has 122 valence electrons. The molecule has 0 aromatic heterocycles. The van der Waals surface area contributed by atoms with E-state index in [0.29, 0.717) is 0 Å². The summed E-state index contributed by atoms with van der Waals surface area (Å²) in [5.41, 5.74) is 0. The van der Waals surface area contributed by atoms with Gasteiger partial charge in [-0.3, -0.25) is 0 Å². The predicted octanol–water partition coefficient (Wildman–Crippen LogP) is -4.00. The fourth-order valence-electron chi connectivity index (χ4n) is 0. The summed E-state index contributed by atoms with van der Waals surface area (Å²) in [7, 11) is -11.4. The van der Waals surface area contributed by atoms with Crippen LogP contribution in [0.25, 0.3) is 0 Å². The van der Waals surface area contributed by atoms with E-state index in [9.17, 15) is 26.3 Å². The van der Waals surface area contributed by atoms with Crippen LogP contribution in [0, 0.1) is 0 Å². The van der Waals surface area contributed by atoms with E-state index in [4.69, 9.17) is 0 Å². The second kappa shape index (κ2) is 13.2. The topological polar surface area (TPSA) is 226 Å². The Labute approximate surface area is 139 Å². The van der Waals surface area contributed by atoms with Gasteiger partial charge in [-0.2, -0.15) is 0 Å². The molecular formula is H6AuN3O9S6. The van der Waals surface area contributed by atoms with Gasteiger partial charge in [0.25, 0.3) is 0 Å². The number of nitrogens with two attached hydrogens (primary N) is 3. The molecule has 3 atom stereocenters. The van der Waals surface area contributed by atoms with Crippen LogP contribution in [0.5, 0.6) is 0 Å². The van der Waals surface area contributed by atoms with Crippen LogP contribution < -0.4 is 17.7 Å². The molecule has 12 nitrogen and oxygen atoms in total. The van der Waals surface area contributed by atoms with Gasteiger partial charge in [-0.05, 0) is 33.6 Å². The van der Waals surface area contributed by atoms with E-state index in [1.807, 2.05) is 0 Å². The molecule has 0 aliphatic heterocycles. The Kier molecular flexibility index (Phi) is 19.8. The molecule has 0 fully saturated rings. The van der Waals surface area contributed by atoms with Crippen LogP contribution in [0.15, 0.2) is 0 Å². The van der Waals surface area contributed by atoms with Gasteiger partial charge in [-0.15, -0.1) is 0 Å². The summed E-state index contributed by atoms with van der Waals surface area (Å²) >= 11 is 10.8. The first kappa shape index (κ1) is 28.6. The summed E-state index contributed by atoms with van der Waals surface area (Å²) < 4.78 is 66.5. The molecule has 0 saturated heterocycles. The van der Waals surface area contributed by atoms with Gasteiger partial charge < -0.3 is 13.7 Å². The van der Waals surface area contributed by atoms with E-state index in [1.54, 1.807) is 0 Å². The normalized spacial score (nSPS) is 18.6. The van der Waals surface area contributed by atoms with Crippen molar-refractivity contribution in [3.63, 3.8) is 0 Å². The zero-order chi connectivity index (χ0) is 15.6. The molecule has 0 heterocycles. The van der Waals surface area contributed by atoms with Crippen molar-refractivity contribution in [3.8, 4) is 0 Å². The Bertz CT molecular complexity index is 414. The van der Waals surface area contributed by atoms with Crippen molar-refractivity contribution in [2.45, 2.75) is 0 Å². The Morgan fingerprint density at radius 3 is 0.737 bits per heavy atom. The van der Waals surface area contributed by atoms with Gasteiger partial charge in [-0.25, -0.2) is 43.2 Å². The quantitative estimate of drug-likeness (QED) is 0.213. The summed E-state index contributed by atoms with van der Waals surface area (Å²) in [6, 6.07) is 0. The van der Waals surface area contributed by atoms with Crippen molar-refractivity contribution in [1.29, 1.82) is 0 Å². The van der Waals surface area contributed by atoms with Crippen LogP contribution >= 0.6 is 0 Å². The fourth-order valence-corrected chi connectivity index (χ4v) is 0. The minimum absolute atomic E-state index is 0. The zero-order valence-electron chi connectivity index (χ0n) is 8.16. The first-order chi connectivity index (χ1) is 7.68. The molecule has 19 heteroatoms. The third-order valence-electron chi connectivity index (χ3n) is 0.354.